The number of likely N-dealkylation sites (tertiary alicyclic amines) is 1. The fourth-order valence-corrected chi connectivity index (χ4v) is 4.91. The van der Waals surface area contributed by atoms with E-state index in [0.29, 0.717) is 43.2 Å². The van der Waals surface area contributed by atoms with Gasteiger partial charge in [0.25, 0.3) is 5.56 Å². The minimum atomic E-state index is -3.35. The van der Waals surface area contributed by atoms with E-state index in [9.17, 15) is 18.0 Å². The number of hydrogen-bond donors (Lipinski definition) is 1. The fraction of sp³-hybridized carbons (Fsp3) is 0.722. The molecule has 1 saturated heterocycles. The van der Waals surface area contributed by atoms with E-state index in [2.05, 4.69) is 9.97 Å². The first-order chi connectivity index (χ1) is 13.4. The van der Waals surface area contributed by atoms with Crippen molar-refractivity contribution in [3.05, 3.63) is 27.4 Å². The van der Waals surface area contributed by atoms with E-state index in [1.54, 1.807) is 18.9 Å². The third-order valence-corrected chi connectivity index (χ3v) is 7.30. The van der Waals surface area contributed by atoms with Gasteiger partial charge in [0.15, 0.2) is 0 Å². The molecule has 156 valence electrons. The van der Waals surface area contributed by atoms with Crippen molar-refractivity contribution in [2.45, 2.75) is 51.6 Å². The van der Waals surface area contributed by atoms with Crippen LogP contribution in [-0.2, 0) is 32.5 Å². The number of carbonyl (C=O) groups excluding carboxylic acids is 1. The van der Waals surface area contributed by atoms with E-state index < -0.39 is 10.0 Å². The summed E-state index contributed by atoms with van der Waals surface area (Å²) in [6.07, 6.45) is 3.20. The number of nitrogens with one attached hydrogen (secondary N) is 1. The summed E-state index contributed by atoms with van der Waals surface area (Å²) in [5.74, 6) is 0.440. The Morgan fingerprint density at radius 2 is 2.11 bits per heavy atom. The van der Waals surface area contributed by atoms with Crippen LogP contribution in [0.25, 0.3) is 0 Å². The lowest BCUT2D eigenvalue weighted by atomic mass is 10.00. The van der Waals surface area contributed by atoms with Gasteiger partial charge in [0, 0.05) is 25.8 Å². The molecule has 1 amide bonds. The van der Waals surface area contributed by atoms with Gasteiger partial charge in [0.1, 0.15) is 5.82 Å². The highest BCUT2D eigenvalue weighted by atomic mass is 32.2. The van der Waals surface area contributed by atoms with Crippen LogP contribution in [0.1, 0.15) is 55.7 Å². The largest absolute Gasteiger partial charge is 0.384 e. The minimum absolute atomic E-state index is 0.0167. The van der Waals surface area contributed by atoms with Crippen LogP contribution >= 0.6 is 0 Å². The first kappa shape index (κ1) is 20.9. The third-order valence-electron chi connectivity index (χ3n) is 5.47. The Morgan fingerprint density at radius 3 is 2.82 bits per heavy atom. The molecule has 0 aromatic carbocycles. The molecule has 1 aromatic rings. The highest BCUT2D eigenvalue weighted by Crippen LogP contribution is 2.30. The first-order valence-electron chi connectivity index (χ1n) is 9.75. The van der Waals surface area contributed by atoms with Crippen LogP contribution < -0.4 is 5.56 Å². The number of nitrogens with zero attached hydrogens (tertiary/aromatic N) is 3. The second-order valence-electron chi connectivity index (χ2n) is 7.20. The minimum Gasteiger partial charge on any atom is -0.384 e. The third kappa shape index (κ3) is 4.28. The first-order valence-corrected chi connectivity index (χ1v) is 11.4. The quantitative estimate of drug-likeness (QED) is 0.731. The van der Waals surface area contributed by atoms with Gasteiger partial charge in [-0.2, -0.15) is 4.31 Å². The van der Waals surface area contributed by atoms with Crippen LogP contribution in [0.5, 0.6) is 0 Å². The molecule has 2 aliphatic rings. The SMILES string of the molecule is CCS(=O)(=O)N1CCc2c(nc(C3CCCCN3C(=O)CCOC)[nH]c2=O)C1. The summed E-state index contributed by atoms with van der Waals surface area (Å²) in [6, 6.07) is -0.297. The zero-order valence-corrected chi connectivity index (χ0v) is 17.3. The zero-order chi connectivity index (χ0) is 20.3. The Bertz CT molecular complexity index is 882. The molecule has 1 unspecified atom stereocenters. The molecule has 0 saturated carbocycles. The van der Waals surface area contributed by atoms with Gasteiger partial charge in [-0.1, -0.05) is 0 Å². The van der Waals surface area contributed by atoms with Crippen LogP contribution in [0.2, 0.25) is 0 Å². The van der Waals surface area contributed by atoms with Crippen molar-refractivity contribution in [1.82, 2.24) is 19.2 Å². The van der Waals surface area contributed by atoms with E-state index in [1.807, 2.05) is 0 Å². The molecule has 10 heteroatoms. The topological polar surface area (TPSA) is 113 Å². The van der Waals surface area contributed by atoms with Gasteiger partial charge in [-0.25, -0.2) is 13.4 Å². The highest BCUT2D eigenvalue weighted by molar-refractivity contribution is 7.89. The maximum absolute atomic E-state index is 12.6. The monoisotopic (exact) mass is 412 g/mol. The Morgan fingerprint density at radius 1 is 1.32 bits per heavy atom. The average molecular weight is 413 g/mol. The number of fused-ring (bicyclic) bond motifs is 1. The Kier molecular flexibility index (Phi) is 6.51. The predicted octanol–water partition coefficient (Wildman–Crippen LogP) is 0.568. The maximum atomic E-state index is 12.6. The molecule has 0 radical (unpaired) electrons. The van der Waals surface area contributed by atoms with Crippen molar-refractivity contribution < 1.29 is 17.9 Å². The van der Waals surface area contributed by atoms with E-state index in [0.717, 1.165) is 19.3 Å². The summed E-state index contributed by atoms with van der Waals surface area (Å²) in [4.78, 5) is 34.4. The number of aromatic nitrogens is 2. The number of piperidine rings is 1. The molecule has 3 heterocycles. The molecule has 0 spiro atoms. The summed E-state index contributed by atoms with van der Waals surface area (Å²) in [5, 5.41) is 0. The normalized spacial score (nSPS) is 20.8. The lowest BCUT2D eigenvalue weighted by Gasteiger charge is -2.35. The van der Waals surface area contributed by atoms with Crippen LogP contribution in [0.4, 0.5) is 0 Å². The lowest BCUT2D eigenvalue weighted by molar-refractivity contribution is -0.136. The Balaban J connectivity index is 1.90. The number of ether oxygens (including phenoxy) is 1. The molecule has 2 aliphatic heterocycles. The van der Waals surface area contributed by atoms with Crippen molar-refractivity contribution >= 4 is 15.9 Å². The number of methoxy groups -OCH3 is 1. The molecular formula is C18H28N4O5S. The van der Waals surface area contributed by atoms with E-state index >= 15 is 0 Å². The van der Waals surface area contributed by atoms with Crippen molar-refractivity contribution in [3.8, 4) is 0 Å². The van der Waals surface area contributed by atoms with Gasteiger partial charge in [-0.05, 0) is 32.6 Å². The van der Waals surface area contributed by atoms with Gasteiger partial charge in [-0.3, -0.25) is 9.59 Å². The zero-order valence-electron chi connectivity index (χ0n) is 16.4. The number of amides is 1. The Labute approximate surface area is 165 Å². The smallest absolute Gasteiger partial charge is 0.254 e. The summed E-state index contributed by atoms with van der Waals surface area (Å²) in [6.45, 7) is 2.96. The summed E-state index contributed by atoms with van der Waals surface area (Å²) >= 11 is 0. The number of sulfonamides is 1. The van der Waals surface area contributed by atoms with Crippen LogP contribution in [0, 0.1) is 0 Å². The molecule has 3 rings (SSSR count). The highest BCUT2D eigenvalue weighted by Gasteiger charge is 2.32. The van der Waals surface area contributed by atoms with Gasteiger partial charge >= 0.3 is 0 Å². The van der Waals surface area contributed by atoms with Crippen molar-refractivity contribution in [2.24, 2.45) is 0 Å². The molecule has 1 atom stereocenters. The number of H-pyrrole nitrogens is 1. The summed E-state index contributed by atoms with van der Waals surface area (Å²) in [7, 11) is -1.79. The molecule has 0 aliphatic carbocycles. The van der Waals surface area contributed by atoms with Crippen molar-refractivity contribution in [1.29, 1.82) is 0 Å². The average Bonchev–Trinajstić information content (AvgIpc) is 2.71. The van der Waals surface area contributed by atoms with Crippen LogP contribution in [0.15, 0.2) is 4.79 Å². The maximum Gasteiger partial charge on any atom is 0.254 e. The van der Waals surface area contributed by atoms with E-state index in [1.165, 1.54) is 4.31 Å². The van der Waals surface area contributed by atoms with E-state index in [-0.39, 0.29) is 36.2 Å². The lowest BCUT2D eigenvalue weighted by Crippen LogP contribution is -2.43. The van der Waals surface area contributed by atoms with Crippen LogP contribution in [0.3, 0.4) is 0 Å². The molecule has 28 heavy (non-hydrogen) atoms. The van der Waals surface area contributed by atoms with Gasteiger partial charge in [0.05, 0.1) is 37.1 Å². The van der Waals surface area contributed by atoms with Gasteiger partial charge in [0.2, 0.25) is 15.9 Å². The summed E-state index contributed by atoms with van der Waals surface area (Å²) in [5.41, 5.74) is 0.805. The standard InChI is InChI=1S/C18H28N4O5S/c1-3-28(25,26)21-10-7-13-14(12-21)19-17(20-18(13)24)15-6-4-5-9-22(15)16(23)8-11-27-2/h15H,3-12H2,1-2H3,(H,19,20,24). The second-order valence-corrected chi connectivity index (χ2v) is 9.46. The van der Waals surface area contributed by atoms with E-state index in [4.69, 9.17) is 4.74 Å². The molecule has 0 bridgehead atoms. The fourth-order valence-electron chi connectivity index (χ4n) is 3.86. The number of carbonyl (C=O) groups is 1. The molecule has 1 aromatic heterocycles. The summed E-state index contributed by atoms with van der Waals surface area (Å²) < 4.78 is 30.8. The molecule has 1 N–H and O–H groups in total. The van der Waals surface area contributed by atoms with Gasteiger partial charge in [-0.15, -0.1) is 0 Å². The number of rotatable bonds is 6. The molecular weight excluding hydrogens is 384 g/mol. The number of hydrogen-bond acceptors (Lipinski definition) is 6. The van der Waals surface area contributed by atoms with Crippen LogP contribution in [-0.4, -0.2) is 66.1 Å². The predicted molar refractivity (Wildman–Crippen MR) is 103 cm³/mol. The second kappa shape index (κ2) is 8.71. The molecule has 9 nitrogen and oxygen atoms in total. The van der Waals surface area contributed by atoms with Gasteiger partial charge < -0.3 is 14.6 Å². The Hall–Kier alpha value is -1.78. The van der Waals surface area contributed by atoms with Crippen molar-refractivity contribution in [3.63, 3.8) is 0 Å². The molecule has 1 fully saturated rings. The number of aromatic amines is 1. The van der Waals surface area contributed by atoms with Crippen molar-refractivity contribution in [2.75, 3.05) is 32.6 Å².